The van der Waals surface area contributed by atoms with E-state index in [1.165, 1.54) is 0 Å². The third-order valence-electron chi connectivity index (χ3n) is 2.29. The van der Waals surface area contributed by atoms with Crippen molar-refractivity contribution in [1.82, 2.24) is 0 Å². The fourth-order valence-electron chi connectivity index (χ4n) is 1.46. The smallest absolute Gasteiger partial charge is 0.302 e. The first-order valence-corrected chi connectivity index (χ1v) is 11.0. The van der Waals surface area contributed by atoms with Gasteiger partial charge in [0.1, 0.15) is 0 Å². The number of hydrogen-bond acceptors (Lipinski definition) is 7. The van der Waals surface area contributed by atoms with Crippen molar-refractivity contribution in [2.24, 2.45) is 0 Å². The summed E-state index contributed by atoms with van der Waals surface area (Å²) in [5.74, 6) is 0.816. The molecule has 0 radical (unpaired) electrons. The van der Waals surface area contributed by atoms with Crippen LogP contribution in [-0.4, -0.2) is 41.0 Å². The van der Waals surface area contributed by atoms with E-state index in [9.17, 15) is 18.9 Å². The third kappa shape index (κ3) is 15.8. The first kappa shape index (κ1) is 23.6. The highest BCUT2D eigenvalue weighted by molar-refractivity contribution is 7.80. The van der Waals surface area contributed by atoms with Gasteiger partial charge in [0.05, 0.1) is 25.4 Å². The van der Waals surface area contributed by atoms with E-state index in [2.05, 4.69) is 21.7 Å². The second-order valence-electron chi connectivity index (χ2n) is 5.78. The molecule has 11 heteroatoms. The Kier molecular flexibility index (Phi) is 11.5. The molecular weight excluding hydrogens is 366 g/mol. The van der Waals surface area contributed by atoms with Crippen LogP contribution in [0.25, 0.3) is 0 Å². The zero-order chi connectivity index (χ0) is 18.0. The molecule has 2 atom stereocenters. The normalized spacial score (nSPS) is 17.7. The van der Waals surface area contributed by atoms with Gasteiger partial charge in [0, 0.05) is 0 Å². The van der Waals surface area contributed by atoms with Gasteiger partial charge in [-0.25, -0.2) is 9.13 Å². The van der Waals surface area contributed by atoms with Gasteiger partial charge in [-0.3, -0.25) is 18.1 Å². The Hall–Kier alpha value is 0.570. The number of rotatable bonds is 13. The highest BCUT2D eigenvalue weighted by atomic mass is 32.1. The number of unbranched alkanes of at least 4 members (excludes halogenated alkanes) is 3. The fourth-order valence-corrected chi connectivity index (χ4v) is 3.48. The molecule has 0 bridgehead atoms. The van der Waals surface area contributed by atoms with E-state index in [4.69, 9.17) is 9.05 Å². The maximum absolute atomic E-state index is 11.5. The quantitative estimate of drug-likeness (QED) is 0.247. The van der Waals surface area contributed by atoms with Crippen molar-refractivity contribution >= 4 is 28.3 Å². The molecule has 0 aromatic heterocycles. The molecule has 23 heavy (non-hydrogen) atoms. The first-order valence-electron chi connectivity index (χ1n) is 7.38. The van der Waals surface area contributed by atoms with Gasteiger partial charge < -0.3 is 9.79 Å². The van der Waals surface area contributed by atoms with Gasteiger partial charge in [0.25, 0.3) is 0 Å². The maximum atomic E-state index is 11.5. The summed E-state index contributed by atoms with van der Waals surface area (Å²) in [5.41, 5.74) is -0.854. The Morgan fingerprint density at radius 3 is 1.83 bits per heavy atom. The Labute approximate surface area is 143 Å². The molecule has 0 aromatic carbocycles. The van der Waals surface area contributed by atoms with Crippen LogP contribution in [0.15, 0.2) is 0 Å². The SMILES string of the molecule is CC(C)(C)OP(=O)(O)OCCOP(=O)(O)OCCCCCCS. The monoisotopic (exact) mass is 394 g/mol. The fraction of sp³-hybridized carbons (Fsp3) is 1.00. The average molecular weight is 394 g/mol. The molecule has 0 aliphatic heterocycles. The summed E-state index contributed by atoms with van der Waals surface area (Å²) in [5, 5.41) is 0. The van der Waals surface area contributed by atoms with Crippen LogP contribution in [0.3, 0.4) is 0 Å². The topological polar surface area (TPSA) is 112 Å². The number of phosphoric ester groups is 2. The van der Waals surface area contributed by atoms with Gasteiger partial charge in [-0.05, 0) is 39.4 Å². The standard InChI is InChI=1S/C12H28O8P2S/c1-12(2,3)20-22(15,16)19-10-9-18-21(13,14)17-8-6-4-5-7-11-23/h23H,4-11H2,1-3H3,(H,13,14)(H,15,16). The summed E-state index contributed by atoms with van der Waals surface area (Å²) in [6, 6.07) is 0. The van der Waals surface area contributed by atoms with Crippen LogP contribution in [0.4, 0.5) is 0 Å². The van der Waals surface area contributed by atoms with Gasteiger partial charge in [0.15, 0.2) is 0 Å². The van der Waals surface area contributed by atoms with Crippen LogP contribution in [0.1, 0.15) is 46.5 Å². The van der Waals surface area contributed by atoms with Crippen LogP contribution >= 0.6 is 28.3 Å². The van der Waals surface area contributed by atoms with Crippen molar-refractivity contribution in [3.8, 4) is 0 Å². The molecule has 0 heterocycles. The zero-order valence-electron chi connectivity index (χ0n) is 13.8. The highest BCUT2D eigenvalue weighted by Gasteiger charge is 2.29. The van der Waals surface area contributed by atoms with Gasteiger partial charge >= 0.3 is 15.6 Å². The third-order valence-corrected chi connectivity index (χ3v) is 4.91. The van der Waals surface area contributed by atoms with Crippen molar-refractivity contribution in [2.75, 3.05) is 25.6 Å². The molecule has 0 saturated heterocycles. The Morgan fingerprint density at radius 2 is 1.30 bits per heavy atom. The lowest BCUT2D eigenvalue weighted by molar-refractivity contribution is 0.0512. The summed E-state index contributed by atoms with van der Waals surface area (Å²) in [7, 11) is -8.41. The largest absolute Gasteiger partial charge is 0.472 e. The molecule has 0 spiro atoms. The Bertz CT molecular complexity index is 412. The van der Waals surface area contributed by atoms with E-state index in [1.54, 1.807) is 20.8 Å². The molecule has 0 aliphatic carbocycles. The molecular formula is C12H28O8P2S. The first-order chi connectivity index (χ1) is 10.5. The lowest BCUT2D eigenvalue weighted by Crippen LogP contribution is -2.18. The second kappa shape index (κ2) is 11.2. The number of thiol groups is 1. The van der Waals surface area contributed by atoms with Crippen molar-refractivity contribution < 1.29 is 37.0 Å². The number of phosphoric acid groups is 2. The van der Waals surface area contributed by atoms with Crippen molar-refractivity contribution in [1.29, 1.82) is 0 Å². The van der Waals surface area contributed by atoms with Crippen LogP contribution in [0.2, 0.25) is 0 Å². The molecule has 0 fully saturated rings. The molecule has 0 aliphatic rings. The Morgan fingerprint density at radius 1 is 0.826 bits per heavy atom. The molecule has 0 saturated carbocycles. The van der Waals surface area contributed by atoms with Gasteiger partial charge in [0.2, 0.25) is 0 Å². The minimum absolute atomic E-state index is 0.104. The van der Waals surface area contributed by atoms with Crippen molar-refractivity contribution in [3.63, 3.8) is 0 Å². The molecule has 0 aromatic rings. The summed E-state index contributed by atoms with van der Waals surface area (Å²) in [6.07, 6.45) is 3.49. The summed E-state index contributed by atoms with van der Waals surface area (Å²) >= 11 is 4.09. The molecule has 0 rings (SSSR count). The van der Waals surface area contributed by atoms with Crippen LogP contribution in [0.5, 0.6) is 0 Å². The van der Waals surface area contributed by atoms with Crippen LogP contribution < -0.4 is 0 Å². The summed E-state index contributed by atoms with van der Waals surface area (Å²) < 4.78 is 42.0. The van der Waals surface area contributed by atoms with E-state index in [0.717, 1.165) is 25.0 Å². The van der Waals surface area contributed by atoms with E-state index >= 15 is 0 Å². The number of hydrogen-bond donors (Lipinski definition) is 3. The average Bonchev–Trinajstić information content (AvgIpc) is 2.36. The minimum Gasteiger partial charge on any atom is -0.302 e. The summed E-state index contributed by atoms with van der Waals surface area (Å²) in [6.45, 7) is 4.16. The van der Waals surface area contributed by atoms with Crippen molar-refractivity contribution in [2.45, 2.75) is 52.1 Å². The Balaban J connectivity index is 3.85. The van der Waals surface area contributed by atoms with E-state index in [1.807, 2.05) is 0 Å². The zero-order valence-corrected chi connectivity index (χ0v) is 16.5. The molecule has 0 amide bonds. The second-order valence-corrected chi connectivity index (χ2v) is 9.06. The molecule has 2 unspecified atom stereocenters. The lowest BCUT2D eigenvalue weighted by atomic mass is 10.2. The van der Waals surface area contributed by atoms with Gasteiger partial charge in [-0.2, -0.15) is 12.6 Å². The molecule has 140 valence electrons. The maximum Gasteiger partial charge on any atom is 0.472 e. The highest BCUT2D eigenvalue weighted by Crippen LogP contribution is 2.48. The predicted molar refractivity (Wildman–Crippen MR) is 90.7 cm³/mol. The molecule has 8 nitrogen and oxygen atoms in total. The van der Waals surface area contributed by atoms with Gasteiger partial charge in [-0.15, -0.1) is 0 Å². The van der Waals surface area contributed by atoms with Crippen LogP contribution in [-0.2, 0) is 27.2 Å². The lowest BCUT2D eigenvalue weighted by Gasteiger charge is -2.22. The van der Waals surface area contributed by atoms with Crippen molar-refractivity contribution in [3.05, 3.63) is 0 Å². The van der Waals surface area contributed by atoms with E-state index in [-0.39, 0.29) is 19.8 Å². The molecule has 2 N–H and O–H groups in total. The minimum atomic E-state index is -4.23. The predicted octanol–water partition coefficient (Wildman–Crippen LogP) is 3.54. The van der Waals surface area contributed by atoms with E-state index < -0.39 is 21.2 Å². The summed E-state index contributed by atoms with van der Waals surface area (Å²) in [4.78, 5) is 18.8. The van der Waals surface area contributed by atoms with Crippen LogP contribution in [0, 0.1) is 0 Å². The van der Waals surface area contributed by atoms with Gasteiger partial charge in [-0.1, -0.05) is 12.8 Å². The van der Waals surface area contributed by atoms with E-state index in [0.29, 0.717) is 6.42 Å².